The first-order valence-electron chi connectivity index (χ1n) is 8.16. The SMILES string of the molecule is CN1CCN=C1NCc1ccccc1S(=O)(=O)N1CCCCC1.I. The van der Waals surface area contributed by atoms with E-state index < -0.39 is 10.0 Å². The summed E-state index contributed by atoms with van der Waals surface area (Å²) in [6, 6.07) is 7.26. The van der Waals surface area contributed by atoms with E-state index in [1.165, 1.54) is 0 Å². The van der Waals surface area contributed by atoms with Gasteiger partial charge in [-0.05, 0) is 24.5 Å². The molecule has 1 aromatic carbocycles. The molecule has 2 aliphatic rings. The van der Waals surface area contributed by atoms with Crippen LogP contribution in [0.25, 0.3) is 0 Å². The van der Waals surface area contributed by atoms with Gasteiger partial charge in [0.25, 0.3) is 0 Å². The molecule has 1 aromatic rings. The molecule has 1 N–H and O–H groups in total. The van der Waals surface area contributed by atoms with E-state index in [1.807, 2.05) is 24.1 Å². The van der Waals surface area contributed by atoms with Crippen LogP contribution in [-0.2, 0) is 16.6 Å². The molecule has 0 aromatic heterocycles. The van der Waals surface area contributed by atoms with Gasteiger partial charge in [0.15, 0.2) is 5.96 Å². The quantitative estimate of drug-likeness (QED) is 0.692. The molecule has 0 spiro atoms. The predicted octanol–water partition coefficient (Wildman–Crippen LogP) is 1.87. The van der Waals surface area contributed by atoms with Gasteiger partial charge >= 0.3 is 0 Å². The summed E-state index contributed by atoms with van der Waals surface area (Å²) in [6.45, 7) is 3.40. The van der Waals surface area contributed by atoms with Gasteiger partial charge in [-0.15, -0.1) is 24.0 Å². The molecule has 1 fully saturated rings. The van der Waals surface area contributed by atoms with Gasteiger partial charge in [0, 0.05) is 33.2 Å². The summed E-state index contributed by atoms with van der Waals surface area (Å²) in [7, 11) is -1.43. The number of rotatable bonds is 4. The van der Waals surface area contributed by atoms with Crippen LogP contribution in [0.1, 0.15) is 24.8 Å². The van der Waals surface area contributed by atoms with Crippen LogP contribution in [0.3, 0.4) is 0 Å². The second-order valence-electron chi connectivity index (χ2n) is 6.05. The predicted molar refractivity (Wildman–Crippen MR) is 106 cm³/mol. The minimum absolute atomic E-state index is 0. The second-order valence-corrected chi connectivity index (χ2v) is 7.96. The average Bonchev–Trinajstić information content (AvgIpc) is 2.99. The van der Waals surface area contributed by atoms with Gasteiger partial charge in [-0.2, -0.15) is 4.31 Å². The molecule has 0 aliphatic carbocycles. The lowest BCUT2D eigenvalue weighted by Gasteiger charge is -2.27. The fourth-order valence-corrected chi connectivity index (χ4v) is 4.78. The molecule has 0 radical (unpaired) electrons. The largest absolute Gasteiger partial charge is 0.352 e. The number of nitrogens with zero attached hydrogens (tertiary/aromatic N) is 3. The summed E-state index contributed by atoms with van der Waals surface area (Å²) in [6.07, 6.45) is 3.00. The normalized spacial score (nSPS) is 18.9. The van der Waals surface area contributed by atoms with Gasteiger partial charge in [0.2, 0.25) is 10.0 Å². The zero-order valence-corrected chi connectivity index (χ0v) is 17.1. The Hall–Kier alpha value is -0.870. The van der Waals surface area contributed by atoms with Crippen molar-refractivity contribution in [3.05, 3.63) is 29.8 Å². The molecule has 0 atom stereocenters. The zero-order valence-electron chi connectivity index (χ0n) is 13.9. The monoisotopic (exact) mass is 464 g/mol. The molecule has 24 heavy (non-hydrogen) atoms. The summed E-state index contributed by atoms with van der Waals surface area (Å²) >= 11 is 0. The Morgan fingerprint density at radius 1 is 1.12 bits per heavy atom. The third-order valence-electron chi connectivity index (χ3n) is 4.40. The van der Waals surface area contributed by atoms with Crippen molar-refractivity contribution in [2.75, 3.05) is 33.2 Å². The van der Waals surface area contributed by atoms with E-state index in [1.54, 1.807) is 16.4 Å². The molecule has 3 rings (SSSR count). The van der Waals surface area contributed by atoms with Crippen LogP contribution in [0.15, 0.2) is 34.2 Å². The number of piperidine rings is 1. The summed E-state index contributed by atoms with van der Waals surface area (Å²) in [4.78, 5) is 6.84. The molecule has 2 heterocycles. The Labute approximate surface area is 161 Å². The second kappa shape index (κ2) is 8.48. The van der Waals surface area contributed by atoms with E-state index >= 15 is 0 Å². The summed E-state index contributed by atoms with van der Waals surface area (Å²) in [5.41, 5.74) is 0.793. The number of hydrogen-bond acceptors (Lipinski definition) is 5. The fourth-order valence-electron chi connectivity index (χ4n) is 3.04. The molecule has 0 saturated carbocycles. The van der Waals surface area contributed by atoms with Gasteiger partial charge < -0.3 is 10.2 Å². The van der Waals surface area contributed by atoms with E-state index in [0.29, 0.717) is 24.5 Å². The lowest BCUT2D eigenvalue weighted by atomic mass is 10.2. The first-order chi connectivity index (χ1) is 11.1. The smallest absolute Gasteiger partial charge is 0.243 e. The van der Waals surface area contributed by atoms with Crippen LogP contribution in [-0.4, -0.2) is 56.8 Å². The molecule has 0 unspecified atom stereocenters. The van der Waals surface area contributed by atoms with Crippen molar-refractivity contribution in [1.29, 1.82) is 0 Å². The maximum absolute atomic E-state index is 12.9. The van der Waals surface area contributed by atoms with Crippen LogP contribution >= 0.6 is 24.0 Å². The first-order valence-corrected chi connectivity index (χ1v) is 9.60. The Kier molecular flexibility index (Phi) is 6.88. The van der Waals surface area contributed by atoms with Crippen LogP contribution in [0.4, 0.5) is 0 Å². The number of aliphatic imine (C=N–C) groups is 1. The van der Waals surface area contributed by atoms with E-state index in [4.69, 9.17) is 0 Å². The number of guanidine groups is 1. The van der Waals surface area contributed by atoms with E-state index in [2.05, 4.69) is 10.3 Å². The highest BCUT2D eigenvalue weighted by Gasteiger charge is 2.28. The number of benzene rings is 1. The molecule has 0 amide bonds. The van der Waals surface area contributed by atoms with Crippen LogP contribution in [0.2, 0.25) is 0 Å². The third kappa shape index (κ3) is 4.20. The fraction of sp³-hybridized carbons (Fsp3) is 0.562. The molecule has 134 valence electrons. The Morgan fingerprint density at radius 3 is 2.50 bits per heavy atom. The first kappa shape index (κ1) is 19.5. The average molecular weight is 464 g/mol. The highest BCUT2D eigenvalue weighted by atomic mass is 127. The Bertz CT molecular complexity index is 687. The maximum Gasteiger partial charge on any atom is 0.243 e. The highest BCUT2D eigenvalue weighted by molar-refractivity contribution is 14.0. The molecule has 0 bridgehead atoms. The van der Waals surface area contributed by atoms with Crippen LogP contribution < -0.4 is 5.32 Å². The van der Waals surface area contributed by atoms with Crippen molar-refractivity contribution in [1.82, 2.24) is 14.5 Å². The van der Waals surface area contributed by atoms with Gasteiger partial charge in [-0.1, -0.05) is 24.6 Å². The number of likely N-dealkylation sites (N-methyl/N-ethyl adjacent to an activating group) is 1. The topological polar surface area (TPSA) is 65.0 Å². The van der Waals surface area contributed by atoms with Crippen molar-refractivity contribution in [2.45, 2.75) is 30.7 Å². The molecule has 8 heteroatoms. The number of halogens is 1. The molecule has 6 nitrogen and oxygen atoms in total. The zero-order chi connectivity index (χ0) is 16.3. The van der Waals surface area contributed by atoms with Crippen molar-refractivity contribution in [3.8, 4) is 0 Å². The lowest BCUT2D eigenvalue weighted by Crippen LogP contribution is -2.37. The van der Waals surface area contributed by atoms with E-state index in [0.717, 1.165) is 43.9 Å². The number of nitrogens with one attached hydrogen (secondary N) is 1. The number of hydrogen-bond donors (Lipinski definition) is 1. The van der Waals surface area contributed by atoms with Gasteiger partial charge in [-0.3, -0.25) is 4.99 Å². The standard InChI is InChI=1S/C16H24N4O2S.HI/c1-19-12-9-17-16(19)18-13-14-7-3-4-8-15(14)23(21,22)20-10-5-2-6-11-20;/h3-4,7-8H,2,5-6,9-13H2,1H3,(H,17,18);1H. The number of sulfonamides is 1. The summed E-state index contributed by atoms with van der Waals surface area (Å²) in [5.74, 6) is 0.829. The van der Waals surface area contributed by atoms with Crippen LogP contribution in [0.5, 0.6) is 0 Å². The van der Waals surface area contributed by atoms with Gasteiger partial charge in [-0.25, -0.2) is 8.42 Å². The molecular weight excluding hydrogens is 439 g/mol. The van der Waals surface area contributed by atoms with Crippen molar-refractivity contribution in [2.24, 2.45) is 4.99 Å². The minimum Gasteiger partial charge on any atom is -0.352 e. The van der Waals surface area contributed by atoms with Crippen molar-refractivity contribution >= 4 is 40.0 Å². The van der Waals surface area contributed by atoms with Gasteiger partial charge in [0.05, 0.1) is 11.4 Å². The Balaban J connectivity index is 0.00000208. The van der Waals surface area contributed by atoms with E-state index in [-0.39, 0.29) is 24.0 Å². The molecule has 2 aliphatic heterocycles. The van der Waals surface area contributed by atoms with E-state index in [9.17, 15) is 8.42 Å². The molecule has 1 saturated heterocycles. The van der Waals surface area contributed by atoms with Gasteiger partial charge in [0.1, 0.15) is 0 Å². The maximum atomic E-state index is 12.9. The summed E-state index contributed by atoms with van der Waals surface area (Å²) < 4.78 is 27.5. The van der Waals surface area contributed by atoms with Crippen molar-refractivity contribution < 1.29 is 8.42 Å². The highest BCUT2D eigenvalue weighted by Crippen LogP contribution is 2.23. The lowest BCUT2D eigenvalue weighted by molar-refractivity contribution is 0.346. The Morgan fingerprint density at radius 2 is 1.83 bits per heavy atom. The third-order valence-corrected chi connectivity index (χ3v) is 6.40. The summed E-state index contributed by atoms with van der Waals surface area (Å²) in [5, 5.41) is 3.26. The van der Waals surface area contributed by atoms with Crippen LogP contribution in [0, 0.1) is 0 Å². The molecular formula is C16H25IN4O2S. The minimum atomic E-state index is -3.41. The van der Waals surface area contributed by atoms with Crippen molar-refractivity contribution in [3.63, 3.8) is 0 Å².